The molecule has 24 heavy (non-hydrogen) atoms. The number of phenolic OH excluding ortho intramolecular Hbond substituents is 1. The van der Waals surface area contributed by atoms with Crippen LogP contribution in [-0.4, -0.2) is 10.1 Å². The van der Waals surface area contributed by atoms with Gasteiger partial charge in [-0.25, -0.2) is 0 Å². The van der Waals surface area contributed by atoms with Crippen molar-refractivity contribution < 1.29 is 5.11 Å². The van der Waals surface area contributed by atoms with Crippen molar-refractivity contribution in [1.29, 1.82) is 0 Å². The molecule has 2 nitrogen and oxygen atoms in total. The van der Waals surface area contributed by atoms with Crippen molar-refractivity contribution in [3.63, 3.8) is 0 Å². The summed E-state index contributed by atoms with van der Waals surface area (Å²) in [5.41, 5.74) is 2.79. The molecule has 3 rings (SSSR count). The zero-order valence-corrected chi connectivity index (χ0v) is 14.4. The number of aromatic hydroxyl groups is 1. The summed E-state index contributed by atoms with van der Waals surface area (Å²) in [5, 5.41) is 10.7. The molecule has 124 valence electrons. The van der Waals surface area contributed by atoms with Gasteiger partial charge in [-0.3, -0.25) is 4.98 Å². The predicted molar refractivity (Wildman–Crippen MR) is 99.2 cm³/mol. The van der Waals surface area contributed by atoms with Crippen LogP contribution in [0.25, 0.3) is 0 Å². The number of nitrogens with zero attached hydrogens (tertiary/aromatic N) is 1. The molecule has 2 atom stereocenters. The summed E-state index contributed by atoms with van der Waals surface area (Å²) in [6, 6.07) is 12.1. The molecule has 1 aliphatic carbocycles. The van der Waals surface area contributed by atoms with Crippen molar-refractivity contribution in [3.05, 3.63) is 83.7 Å². The number of hydrogen-bond acceptors (Lipinski definition) is 2. The van der Waals surface area contributed by atoms with E-state index in [4.69, 9.17) is 0 Å². The highest BCUT2D eigenvalue weighted by molar-refractivity contribution is 5.53. The zero-order chi connectivity index (χ0) is 17.0. The van der Waals surface area contributed by atoms with Gasteiger partial charge in [-0.1, -0.05) is 62.8 Å². The third-order valence-corrected chi connectivity index (χ3v) is 4.97. The van der Waals surface area contributed by atoms with Crippen LogP contribution in [0.4, 0.5) is 0 Å². The van der Waals surface area contributed by atoms with Gasteiger partial charge in [0.2, 0.25) is 0 Å². The third kappa shape index (κ3) is 2.77. The van der Waals surface area contributed by atoms with Crippen LogP contribution in [0.2, 0.25) is 0 Å². The number of aryl methyl sites for hydroxylation is 1. The van der Waals surface area contributed by atoms with Crippen molar-refractivity contribution >= 4 is 0 Å². The van der Waals surface area contributed by atoms with Gasteiger partial charge in [0.15, 0.2) is 0 Å². The van der Waals surface area contributed by atoms with Crippen molar-refractivity contribution in [3.8, 4) is 5.75 Å². The number of phenols is 1. The molecule has 0 saturated heterocycles. The number of pyridine rings is 1. The summed E-state index contributed by atoms with van der Waals surface area (Å²) in [7, 11) is 0. The van der Waals surface area contributed by atoms with Gasteiger partial charge in [-0.2, -0.15) is 0 Å². The summed E-state index contributed by atoms with van der Waals surface area (Å²) in [6.45, 7) is 4.37. The van der Waals surface area contributed by atoms with Gasteiger partial charge in [-0.05, 0) is 42.5 Å². The van der Waals surface area contributed by atoms with Gasteiger partial charge >= 0.3 is 0 Å². The molecule has 0 amide bonds. The third-order valence-electron chi connectivity index (χ3n) is 4.97. The molecular weight excluding hydrogens is 294 g/mol. The van der Waals surface area contributed by atoms with Crippen LogP contribution in [-0.2, 0) is 11.8 Å². The lowest BCUT2D eigenvalue weighted by atomic mass is 9.64. The molecule has 1 aromatic heterocycles. The highest BCUT2D eigenvalue weighted by atomic mass is 16.3. The number of rotatable bonds is 5. The Hall–Kier alpha value is -2.35. The summed E-state index contributed by atoms with van der Waals surface area (Å²) in [4.78, 5) is 4.67. The molecule has 1 N–H and O–H groups in total. The predicted octanol–water partition coefficient (Wildman–Crippen LogP) is 5.18. The van der Waals surface area contributed by atoms with Crippen molar-refractivity contribution in [1.82, 2.24) is 4.98 Å². The van der Waals surface area contributed by atoms with E-state index in [9.17, 15) is 5.11 Å². The average Bonchev–Trinajstić information content (AvgIpc) is 2.64. The lowest BCUT2D eigenvalue weighted by Crippen LogP contribution is -2.35. The Kier molecular flexibility index (Phi) is 4.84. The van der Waals surface area contributed by atoms with E-state index >= 15 is 0 Å². The minimum atomic E-state index is -0.418. The average molecular weight is 319 g/mol. The Labute approximate surface area is 144 Å². The molecule has 1 heterocycles. The molecule has 0 radical (unpaired) electrons. The van der Waals surface area contributed by atoms with Crippen LogP contribution in [0.1, 0.15) is 43.5 Å². The Balaban J connectivity index is 2.25. The van der Waals surface area contributed by atoms with Crippen LogP contribution < -0.4 is 0 Å². The molecule has 2 unspecified atom stereocenters. The quantitative estimate of drug-likeness (QED) is 0.824. The SMILES string of the molecule is CCCc1ccc(O)c(C2(c3ccccn3)C=CC=CC2CC)c1. The second kappa shape index (κ2) is 7.04. The molecule has 1 aromatic carbocycles. The van der Waals surface area contributed by atoms with Crippen molar-refractivity contribution in [2.45, 2.75) is 38.5 Å². The number of aromatic nitrogens is 1. The lowest BCUT2D eigenvalue weighted by molar-refractivity contribution is 0.400. The molecule has 0 spiro atoms. The van der Waals surface area contributed by atoms with E-state index in [1.54, 1.807) is 0 Å². The number of hydrogen-bond donors (Lipinski definition) is 1. The first kappa shape index (κ1) is 16.5. The fraction of sp³-hybridized carbons (Fsp3) is 0.318. The van der Waals surface area contributed by atoms with Gasteiger partial charge < -0.3 is 5.11 Å². The maximum Gasteiger partial charge on any atom is 0.120 e. The second-order valence-corrected chi connectivity index (χ2v) is 6.44. The van der Waals surface area contributed by atoms with E-state index in [0.29, 0.717) is 5.75 Å². The summed E-state index contributed by atoms with van der Waals surface area (Å²) in [5.74, 6) is 0.610. The zero-order valence-electron chi connectivity index (χ0n) is 14.4. The van der Waals surface area contributed by atoms with E-state index in [1.165, 1.54) is 5.56 Å². The van der Waals surface area contributed by atoms with Crippen LogP contribution in [0.3, 0.4) is 0 Å². The molecule has 0 fully saturated rings. The van der Waals surface area contributed by atoms with Gasteiger partial charge in [0.1, 0.15) is 5.75 Å². The van der Waals surface area contributed by atoms with Crippen LogP contribution in [0.5, 0.6) is 5.75 Å². The molecule has 0 bridgehead atoms. The minimum Gasteiger partial charge on any atom is -0.508 e. The summed E-state index contributed by atoms with van der Waals surface area (Å²) in [6.07, 6.45) is 13.5. The molecule has 1 aliphatic rings. The lowest BCUT2D eigenvalue weighted by Gasteiger charge is -2.39. The van der Waals surface area contributed by atoms with E-state index in [0.717, 1.165) is 30.5 Å². The Bertz CT molecular complexity index is 748. The first-order chi connectivity index (χ1) is 11.7. The number of allylic oxidation sites excluding steroid dienone is 4. The smallest absolute Gasteiger partial charge is 0.120 e. The van der Waals surface area contributed by atoms with E-state index in [2.05, 4.69) is 55.3 Å². The van der Waals surface area contributed by atoms with E-state index in [-0.39, 0.29) is 5.92 Å². The van der Waals surface area contributed by atoms with Crippen LogP contribution in [0, 0.1) is 5.92 Å². The maximum atomic E-state index is 10.7. The first-order valence-corrected chi connectivity index (χ1v) is 8.82. The Morgan fingerprint density at radius 2 is 2.00 bits per heavy atom. The highest BCUT2D eigenvalue weighted by Gasteiger charge is 2.41. The van der Waals surface area contributed by atoms with E-state index < -0.39 is 5.41 Å². The molecule has 2 heteroatoms. The monoisotopic (exact) mass is 319 g/mol. The molecule has 0 saturated carbocycles. The van der Waals surface area contributed by atoms with E-state index in [1.807, 2.05) is 30.5 Å². The largest absolute Gasteiger partial charge is 0.508 e. The maximum absolute atomic E-state index is 10.7. The fourth-order valence-corrected chi connectivity index (χ4v) is 3.81. The van der Waals surface area contributed by atoms with Gasteiger partial charge in [0.05, 0.1) is 11.1 Å². The van der Waals surface area contributed by atoms with Crippen LogP contribution in [0.15, 0.2) is 66.9 Å². The topological polar surface area (TPSA) is 33.1 Å². The van der Waals surface area contributed by atoms with Crippen molar-refractivity contribution in [2.24, 2.45) is 5.92 Å². The molecular formula is C22H25NO. The fourth-order valence-electron chi connectivity index (χ4n) is 3.81. The Morgan fingerprint density at radius 3 is 2.71 bits per heavy atom. The number of benzene rings is 1. The Morgan fingerprint density at radius 1 is 1.12 bits per heavy atom. The van der Waals surface area contributed by atoms with Gasteiger partial charge in [0.25, 0.3) is 0 Å². The molecule has 0 aliphatic heterocycles. The second-order valence-electron chi connectivity index (χ2n) is 6.44. The summed E-state index contributed by atoms with van der Waals surface area (Å²) < 4.78 is 0. The van der Waals surface area contributed by atoms with Gasteiger partial charge in [-0.15, -0.1) is 0 Å². The standard InChI is InChI=1S/C22H25NO/c1-3-9-17-12-13-20(24)19(16-17)22(21-11-6-8-15-23-21)14-7-5-10-18(22)4-2/h5-8,10-16,18,24H,3-4,9H2,1-2H3. The van der Waals surface area contributed by atoms with Crippen molar-refractivity contribution in [2.75, 3.05) is 0 Å². The summed E-state index contributed by atoms with van der Waals surface area (Å²) >= 11 is 0. The molecule has 2 aromatic rings. The van der Waals surface area contributed by atoms with Crippen LogP contribution >= 0.6 is 0 Å². The van der Waals surface area contributed by atoms with Gasteiger partial charge in [0, 0.05) is 11.8 Å². The first-order valence-electron chi connectivity index (χ1n) is 8.82. The normalized spacial score (nSPS) is 22.7. The minimum absolute atomic E-state index is 0.264. The highest BCUT2D eigenvalue weighted by Crippen LogP contribution is 2.47.